The Bertz CT molecular complexity index is 1070. The smallest absolute Gasteiger partial charge is 0.275 e. The molecule has 1 aromatic heterocycles. The van der Waals surface area contributed by atoms with Crippen molar-refractivity contribution in [3.63, 3.8) is 0 Å². The minimum absolute atomic E-state index is 0.0347. The first-order valence-corrected chi connectivity index (χ1v) is 12.0. The Labute approximate surface area is 195 Å². The molecule has 2 heterocycles. The van der Waals surface area contributed by atoms with Crippen LogP contribution < -0.4 is 0 Å². The molecule has 1 saturated heterocycles. The number of rotatable bonds is 7. The summed E-state index contributed by atoms with van der Waals surface area (Å²) >= 11 is 0. The topological polar surface area (TPSA) is 50.6 Å². The molecule has 2 aliphatic rings. The third-order valence-corrected chi connectivity index (χ3v) is 6.75. The molecule has 6 nitrogen and oxygen atoms in total. The largest absolute Gasteiger partial charge is 0.379 e. The van der Waals surface area contributed by atoms with E-state index in [1.54, 1.807) is 0 Å². The van der Waals surface area contributed by atoms with Gasteiger partial charge in [0.25, 0.3) is 5.91 Å². The first kappa shape index (κ1) is 21.9. The van der Waals surface area contributed by atoms with Crippen LogP contribution in [0.4, 0.5) is 0 Å². The van der Waals surface area contributed by atoms with E-state index in [0.717, 1.165) is 68.9 Å². The van der Waals surface area contributed by atoms with E-state index in [9.17, 15) is 4.79 Å². The summed E-state index contributed by atoms with van der Waals surface area (Å²) in [7, 11) is 0. The number of hydrogen-bond acceptors (Lipinski definition) is 4. The summed E-state index contributed by atoms with van der Waals surface area (Å²) in [5, 5.41) is 4.89. The molecular weight excluding hydrogens is 412 g/mol. The molecule has 1 atom stereocenters. The second-order valence-electron chi connectivity index (χ2n) is 9.06. The molecule has 0 bridgehead atoms. The molecule has 5 rings (SSSR count). The minimum Gasteiger partial charge on any atom is -0.379 e. The first-order chi connectivity index (χ1) is 16.2. The van der Waals surface area contributed by atoms with Crippen molar-refractivity contribution in [3.05, 3.63) is 83.2 Å². The van der Waals surface area contributed by atoms with Gasteiger partial charge in [0.15, 0.2) is 5.69 Å². The minimum atomic E-state index is 0.0347. The molecule has 0 spiro atoms. The maximum absolute atomic E-state index is 14.0. The molecule has 1 unspecified atom stereocenters. The van der Waals surface area contributed by atoms with E-state index in [4.69, 9.17) is 9.84 Å². The van der Waals surface area contributed by atoms with Crippen LogP contribution in [-0.2, 0) is 24.1 Å². The first-order valence-electron chi connectivity index (χ1n) is 12.0. The Balaban J connectivity index is 1.46. The van der Waals surface area contributed by atoms with Gasteiger partial charge in [-0.1, -0.05) is 48.5 Å². The van der Waals surface area contributed by atoms with Gasteiger partial charge < -0.3 is 9.64 Å². The van der Waals surface area contributed by atoms with Gasteiger partial charge in [-0.3, -0.25) is 9.69 Å². The highest BCUT2D eigenvalue weighted by Gasteiger charge is 2.32. The lowest BCUT2D eigenvalue weighted by Crippen LogP contribution is -2.48. The van der Waals surface area contributed by atoms with Crippen molar-refractivity contribution < 1.29 is 9.53 Å². The second kappa shape index (κ2) is 9.89. The van der Waals surface area contributed by atoms with Crippen LogP contribution in [0.15, 0.2) is 60.7 Å². The Morgan fingerprint density at radius 2 is 1.73 bits per heavy atom. The lowest BCUT2D eigenvalue weighted by Gasteiger charge is -2.35. The summed E-state index contributed by atoms with van der Waals surface area (Å²) in [4.78, 5) is 18.5. The van der Waals surface area contributed by atoms with Crippen molar-refractivity contribution >= 4 is 5.91 Å². The van der Waals surface area contributed by atoms with Gasteiger partial charge in [0.2, 0.25) is 0 Å². The zero-order valence-corrected chi connectivity index (χ0v) is 19.3. The van der Waals surface area contributed by atoms with Crippen LogP contribution in [0.3, 0.4) is 0 Å². The molecule has 0 N–H and O–H groups in total. The van der Waals surface area contributed by atoms with Crippen molar-refractivity contribution in [1.82, 2.24) is 19.6 Å². The van der Waals surface area contributed by atoms with Crippen molar-refractivity contribution in [2.24, 2.45) is 0 Å². The fourth-order valence-electron chi connectivity index (χ4n) is 4.99. The fourth-order valence-corrected chi connectivity index (χ4v) is 4.99. The number of benzene rings is 2. The van der Waals surface area contributed by atoms with Gasteiger partial charge in [0.1, 0.15) is 0 Å². The average molecular weight is 445 g/mol. The Morgan fingerprint density at radius 1 is 1.03 bits per heavy atom. The van der Waals surface area contributed by atoms with E-state index >= 15 is 0 Å². The molecule has 1 aliphatic carbocycles. The highest BCUT2D eigenvalue weighted by molar-refractivity contribution is 5.94. The van der Waals surface area contributed by atoms with E-state index in [2.05, 4.69) is 36.1 Å². The van der Waals surface area contributed by atoms with Gasteiger partial charge in [-0.15, -0.1) is 0 Å². The Hall–Kier alpha value is -2.96. The number of carbonyl (C=O) groups excluding carboxylic acids is 1. The molecule has 6 heteroatoms. The van der Waals surface area contributed by atoms with Gasteiger partial charge in [-0.2, -0.15) is 5.10 Å². The summed E-state index contributed by atoms with van der Waals surface area (Å²) in [6.07, 6.45) is 2.95. The SMILES string of the molecule is CC(CN1CCOCC1)N(Cc1ccccc1)C(=O)c1nn(-c2ccccc2)c2c1CCC2. The summed E-state index contributed by atoms with van der Waals surface area (Å²) in [5.74, 6) is 0.0347. The number of fused-ring (bicyclic) bond motifs is 1. The number of hydrogen-bond donors (Lipinski definition) is 0. The van der Waals surface area contributed by atoms with Gasteiger partial charge in [0.05, 0.1) is 18.9 Å². The maximum atomic E-state index is 14.0. The van der Waals surface area contributed by atoms with Crippen molar-refractivity contribution in [3.8, 4) is 5.69 Å². The monoisotopic (exact) mass is 444 g/mol. The maximum Gasteiger partial charge on any atom is 0.275 e. The molecule has 0 saturated carbocycles. The van der Waals surface area contributed by atoms with E-state index in [-0.39, 0.29) is 11.9 Å². The number of ether oxygens (including phenoxy) is 1. The van der Waals surface area contributed by atoms with Crippen LogP contribution in [0.2, 0.25) is 0 Å². The van der Waals surface area contributed by atoms with Crippen molar-refractivity contribution in [2.45, 2.75) is 38.8 Å². The third-order valence-electron chi connectivity index (χ3n) is 6.75. The van der Waals surface area contributed by atoms with Crippen LogP contribution in [0, 0.1) is 0 Å². The lowest BCUT2D eigenvalue weighted by atomic mass is 10.1. The number of aromatic nitrogens is 2. The molecule has 1 amide bonds. The Morgan fingerprint density at radius 3 is 2.45 bits per heavy atom. The van der Waals surface area contributed by atoms with Gasteiger partial charge in [-0.05, 0) is 43.9 Å². The summed E-state index contributed by atoms with van der Waals surface area (Å²) in [5.41, 5.74) is 5.09. The van der Waals surface area contributed by atoms with Gasteiger partial charge in [-0.25, -0.2) is 4.68 Å². The summed E-state index contributed by atoms with van der Waals surface area (Å²) in [6.45, 7) is 6.92. The van der Waals surface area contributed by atoms with Crippen LogP contribution >= 0.6 is 0 Å². The normalized spacial score (nSPS) is 17.0. The van der Waals surface area contributed by atoms with E-state index < -0.39 is 0 Å². The van der Waals surface area contributed by atoms with Crippen LogP contribution in [0.1, 0.15) is 40.7 Å². The number of para-hydroxylation sites is 1. The van der Waals surface area contributed by atoms with Crippen LogP contribution in [0.5, 0.6) is 0 Å². The second-order valence-corrected chi connectivity index (χ2v) is 9.06. The molecular formula is C27H32N4O2. The van der Waals surface area contributed by atoms with Gasteiger partial charge in [0, 0.05) is 43.5 Å². The predicted octanol–water partition coefficient (Wildman–Crippen LogP) is 3.72. The third kappa shape index (κ3) is 4.72. The average Bonchev–Trinajstić information content (AvgIpc) is 3.47. The van der Waals surface area contributed by atoms with Gasteiger partial charge >= 0.3 is 0 Å². The van der Waals surface area contributed by atoms with E-state index in [0.29, 0.717) is 12.2 Å². The standard InChI is InChI=1S/C27H32N4O2/c1-21(19-29-15-17-33-18-16-29)30(20-22-9-4-2-5-10-22)27(32)26-24-13-8-14-25(24)31(28-26)23-11-6-3-7-12-23/h2-7,9-12,21H,8,13-20H2,1H3. The molecule has 2 aromatic carbocycles. The highest BCUT2D eigenvalue weighted by Crippen LogP contribution is 2.29. The fraction of sp³-hybridized carbons (Fsp3) is 0.407. The quantitative estimate of drug-likeness (QED) is 0.557. The molecule has 1 aliphatic heterocycles. The van der Waals surface area contributed by atoms with Crippen LogP contribution in [0.25, 0.3) is 5.69 Å². The summed E-state index contributed by atoms with van der Waals surface area (Å²) in [6, 6.07) is 20.5. The number of morpholine rings is 1. The highest BCUT2D eigenvalue weighted by atomic mass is 16.5. The van der Waals surface area contributed by atoms with E-state index in [1.807, 2.05) is 46.0 Å². The van der Waals surface area contributed by atoms with Crippen molar-refractivity contribution in [2.75, 3.05) is 32.8 Å². The lowest BCUT2D eigenvalue weighted by molar-refractivity contribution is 0.0227. The molecule has 172 valence electrons. The molecule has 1 fully saturated rings. The molecule has 0 radical (unpaired) electrons. The van der Waals surface area contributed by atoms with Crippen molar-refractivity contribution in [1.29, 1.82) is 0 Å². The number of amides is 1. The number of carbonyl (C=O) groups is 1. The van der Waals surface area contributed by atoms with Crippen LogP contribution in [-0.4, -0.2) is 64.4 Å². The predicted molar refractivity (Wildman–Crippen MR) is 129 cm³/mol. The molecule has 33 heavy (non-hydrogen) atoms. The summed E-state index contributed by atoms with van der Waals surface area (Å²) < 4.78 is 7.50. The molecule has 3 aromatic rings. The Kier molecular flexibility index (Phi) is 6.55. The zero-order valence-electron chi connectivity index (χ0n) is 19.3. The zero-order chi connectivity index (χ0) is 22.6. The number of nitrogens with zero attached hydrogens (tertiary/aromatic N) is 4. The van der Waals surface area contributed by atoms with E-state index in [1.165, 1.54) is 5.69 Å².